The molecule has 0 radical (unpaired) electrons. The molecule has 0 aliphatic rings. The Kier molecular flexibility index (Phi) is 2.99. The third-order valence-corrected chi connectivity index (χ3v) is 2.79. The molecule has 0 saturated carbocycles. The third kappa shape index (κ3) is 2.22. The van der Waals surface area contributed by atoms with Crippen molar-refractivity contribution in [2.24, 2.45) is 0 Å². The van der Waals surface area contributed by atoms with Gasteiger partial charge in [0.1, 0.15) is 0 Å². The molecule has 1 unspecified atom stereocenters. The van der Waals surface area contributed by atoms with Crippen LogP contribution in [0, 0.1) is 0 Å². The van der Waals surface area contributed by atoms with Crippen molar-refractivity contribution in [3.05, 3.63) is 23.9 Å². The van der Waals surface area contributed by atoms with Crippen molar-refractivity contribution in [1.29, 1.82) is 0 Å². The van der Waals surface area contributed by atoms with Gasteiger partial charge in [-0.2, -0.15) is 5.10 Å². The van der Waals surface area contributed by atoms with Crippen molar-refractivity contribution in [3.63, 3.8) is 0 Å². The van der Waals surface area contributed by atoms with Crippen molar-refractivity contribution in [1.82, 2.24) is 15.5 Å². The Labute approximate surface area is 99.4 Å². The number of nitrogens with zero attached hydrogens (tertiary/aromatic N) is 1. The van der Waals surface area contributed by atoms with E-state index in [1.807, 2.05) is 19.9 Å². The fourth-order valence-corrected chi connectivity index (χ4v) is 1.60. The summed E-state index contributed by atoms with van der Waals surface area (Å²) in [6.45, 7) is 3.98. The first-order valence-electron chi connectivity index (χ1n) is 5.66. The first kappa shape index (κ1) is 11.4. The molecule has 0 spiro atoms. The van der Waals surface area contributed by atoms with Gasteiger partial charge in [0, 0.05) is 17.1 Å². The number of nitrogens with one attached hydrogen (secondary N) is 2. The SMILES string of the molecule is CCC(C)NC(=O)c1n[nH]c2ccc(N)cc12. The smallest absolute Gasteiger partial charge is 0.272 e. The van der Waals surface area contributed by atoms with Gasteiger partial charge in [-0.1, -0.05) is 6.92 Å². The van der Waals surface area contributed by atoms with E-state index in [0.717, 1.165) is 17.3 Å². The van der Waals surface area contributed by atoms with Crippen LogP contribution in [0.5, 0.6) is 0 Å². The van der Waals surface area contributed by atoms with Gasteiger partial charge in [-0.15, -0.1) is 0 Å². The highest BCUT2D eigenvalue weighted by Crippen LogP contribution is 2.18. The standard InChI is InChI=1S/C12H16N4O/c1-3-7(2)14-12(17)11-9-6-8(13)4-5-10(9)15-16-11/h4-7H,3,13H2,1-2H3,(H,14,17)(H,15,16). The zero-order chi connectivity index (χ0) is 12.4. The van der Waals surface area contributed by atoms with E-state index >= 15 is 0 Å². The lowest BCUT2D eigenvalue weighted by atomic mass is 10.1. The van der Waals surface area contributed by atoms with Crippen LogP contribution in [0.3, 0.4) is 0 Å². The number of anilines is 1. The zero-order valence-electron chi connectivity index (χ0n) is 9.95. The normalized spacial score (nSPS) is 12.6. The predicted octanol–water partition coefficient (Wildman–Crippen LogP) is 1.67. The summed E-state index contributed by atoms with van der Waals surface area (Å²) in [4.78, 5) is 12.0. The van der Waals surface area contributed by atoms with E-state index in [2.05, 4.69) is 15.5 Å². The van der Waals surface area contributed by atoms with Crippen LogP contribution in [-0.4, -0.2) is 22.1 Å². The number of nitrogen functional groups attached to an aromatic ring is 1. The quantitative estimate of drug-likeness (QED) is 0.704. The monoisotopic (exact) mass is 232 g/mol. The lowest BCUT2D eigenvalue weighted by Gasteiger charge is -2.09. The molecule has 2 aromatic rings. The molecule has 0 aliphatic carbocycles. The average molecular weight is 232 g/mol. The summed E-state index contributed by atoms with van der Waals surface area (Å²) in [6.07, 6.45) is 0.885. The second-order valence-corrected chi connectivity index (χ2v) is 4.16. The van der Waals surface area contributed by atoms with E-state index < -0.39 is 0 Å². The van der Waals surface area contributed by atoms with Gasteiger partial charge in [-0.25, -0.2) is 0 Å². The van der Waals surface area contributed by atoms with Crippen LogP contribution in [0.1, 0.15) is 30.8 Å². The van der Waals surface area contributed by atoms with Crippen LogP contribution >= 0.6 is 0 Å². The van der Waals surface area contributed by atoms with E-state index in [1.54, 1.807) is 12.1 Å². The number of benzene rings is 1. The summed E-state index contributed by atoms with van der Waals surface area (Å²) in [7, 11) is 0. The summed E-state index contributed by atoms with van der Waals surface area (Å²) in [5.41, 5.74) is 7.54. The number of carbonyl (C=O) groups is 1. The van der Waals surface area contributed by atoms with Crippen LogP contribution in [0.2, 0.25) is 0 Å². The summed E-state index contributed by atoms with van der Waals surface area (Å²) in [5.74, 6) is -0.170. The van der Waals surface area contributed by atoms with Crippen molar-refractivity contribution < 1.29 is 4.79 Å². The minimum absolute atomic E-state index is 0.135. The van der Waals surface area contributed by atoms with Crippen LogP contribution in [-0.2, 0) is 0 Å². The van der Waals surface area contributed by atoms with Crippen LogP contribution in [0.4, 0.5) is 5.69 Å². The number of nitrogens with two attached hydrogens (primary N) is 1. The van der Waals surface area contributed by atoms with Crippen molar-refractivity contribution in [3.8, 4) is 0 Å². The molecule has 0 saturated heterocycles. The van der Waals surface area contributed by atoms with E-state index in [4.69, 9.17) is 5.73 Å². The van der Waals surface area contributed by atoms with Crippen molar-refractivity contribution in [2.75, 3.05) is 5.73 Å². The highest BCUT2D eigenvalue weighted by Gasteiger charge is 2.15. The highest BCUT2D eigenvalue weighted by atomic mass is 16.2. The first-order chi connectivity index (χ1) is 8.11. The maximum atomic E-state index is 12.0. The predicted molar refractivity (Wildman–Crippen MR) is 67.7 cm³/mol. The average Bonchev–Trinajstić information content (AvgIpc) is 2.71. The van der Waals surface area contributed by atoms with E-state index in [0.29, 0.717) is 11.4 Å². The summed E-state index contributed by atoms with van der Waals surface area (Å²) >= 11 is 0. The molecule has 0 aliphatic heterocycles. The molecule has 1 aromatic heterocycles. The maximum absolute atomic E-state index is 12.0. The van der Waals surface area contributed by atoms with E-state index in [9.17, 15) is 4.79 Å². The van der Waals surface area contributed by atoms with Crippen LogP contribution in [0.25, 0.3) is 10.9 Å². The minimum atomic E-state index is -0.170. The Balaban J connectivity index is 2.35. The minimum Gasteiger partial charge on any atom is -0.399 e. The number of aromatic nitrogens is 2. The largest absolute Gasteiger partial charge is 0.399 e. The fraction of sp³-hybridized carbons (Fsp3) is 0.333. The fourth-order valence-electron chi connectivity index (χ4n) is 1.60. The van der Waals surface area contributed by atoms with Gasteiger partial charge in [0.15, 0.2) is 5.69 Å². The summed E-state index contributed by atoms with van der Waals surface area (Å²) in [6, 6.07) is 5.48. The number of aromatic amines is 1. The molecule has 90 valence electrons. The second kappa shape index (κ2) is 4.45. The first-order valence-corrected chi connectivity index (χ1v) is 5.66. The highest BCUT2D eigenvalue weighted by molar-refractivity contribution is 6.05. The Morgan fingerprint density at radius 1 is 1.59 bits per heavy atom. The van der Waals surface area contributed by atoms with Gasteiger partial charge in [-0.3, -0.25) is 9.89 Å². The Hall–Kier alpha value is -2.04. The Bertz CT molecular complexity index is 546. The summed E-state index contributed by atoms with van der Waals surface area (Å²) in [5, 5.41) is 10.5. The van der Waals surface area contributed by atoms with Crippen molar-refractivity contribution >= 4 is 22.5 Å². The lowest BCUT2D eigenvalue weighted by Crippen LogP contribution is -2.32. The van der Waals surface area contributed by atoms with Gasteiger partial charge in [0.2, 0.25) is 0 Å². The maximum Gasteiger partial charge on any atom is 0.272 e. The molecule has 1 atom stereocenters. The molecule has 0 fully saturated rings. The third-order valence-electron chi connectivity index (χ3n) is 2.79. The topological polar surface area (TPSA) is 83.8 Å². The molecule has 0 bridgehead atoms. The van der Waals surface area contributed by atoms with Crippen LogP contribution < -0.4 is 11.1 Å². The number of hydrogen-bond acceptors (Lipinski definition) is 3. The number of hydrogen-bond donors (Lipinski definition) is 3. The molecular formula is C12H16N4O. The lowest BCUT2D eigenvalue weighted by molar-refractivity contribution is 0.0936. The number of fused-ring (bicyclic) bond motifs is 1. The number of carbonyl (C=O) groups excluding carboxylic acids is 1. The second-order valence-electron chi connectivity index (χ2n) is 4.16. The molecule has 2 rings (SSSR count). The van der Waals surface area contributed by atoms with Gasteiger partial charge in [0.25, 0.3) is 5.91 Å². The summed E-state index contributed by atoms with van der Waals surface area (Å²) < 4.78 is 0. The van der Waals surface area contributed by atoms with E-state index in [-0.39, 0.29) is 11.9 Å². The number of amides is 1. The molecule has 1 aromatic carbocycles. The van der Waals surface area contributed by atoms with E-state index in [1.165, 1.54) is 0 Å². The molecule has 5 heteroatoms. The zero-order valence-corrected chi connectivity index (χ0v) is 9.95. The van der Waals surface area contributed by atoms with Gasteiger partial charge in [0.05, 0.1) is 5.52 Å². The molecule has 17 heavy (non-hydrogen) atoms. The molecule has 4 N–H and O–H groups in total. The van der Waals surface area contributed by atoms with Gasteiger partial charge >= 0.3 is 0 Å². The molecule has 5 nitrogen and oxygen atoms in total. The number of rotatable bonds is 3. The van der Waals surface area contributed by atoms with Gasteiger partial charge in [-0.05, 0) is 31.5 Å². The molecular weight excluding hydrogens is 216 g/mol. The Morgan fingerprint density at radius 2 is 2.35 bits per heavy atom. The number of H-pyrrole nitrogens is 1. The molecule has 1 amide bonds. The van der Waals surface area contributed by atoms with Gasteiger partial charge < -0.3 is 11.1 Å². The molecule has 1 heterocycles. The Morgan fingerprint density at radius 3 is 3.06 bits per heavy atom. The van der Waals surface area contributed by atoms with Crippen LogP contribution in [0.15, 0.2) is 18.2 Å². The van der Waals surface area contributed by atoms with Crippen molar-refractivity contribution in [2.45, 2.75) is 26.3 Å².